The maximum Gasteiger partial charge on any atom is 0.0532 e. The lowest BCUT2D eigenvalue weighted by Gasteiger charge is -2.32. The summed E-state index contributed by atoms with van der Waals surface area (Å²) < 4.78 is 0. The van der Waals surface area contributed by atoms with E-state index in [0.717, 1.165) is 13.1 Å². The van der Waals surface area contributed by atoms with Gasteiger partial charge >= 0.3 is 0 Å². The Morgan fingerprint density at radius 2 is 2.05 bits per heavy atom. The van der Waals surface area contributed by atoms with Crippen molar-refractivity contribution in [3.63, 3.8) is 0 Å². The average molecular weight is 269 g/mol. The Kier molecular flexibility index (Phi) is 6.07. The van der Waals surface area contributed by atoms with E-state index in [1.165, 1.54) is 37.7 Å². The van der Waals surface area contributed by atoms with Crippen molar-refractivity contribution in [2.24, 2.45) is 0 Å². The van der Waals surface area contributed by atoms with Crippen molar-refractivity contribution in [1.82, 2.24) is 4.90 Å². The Morgan fingerprint density at radius 1 is 1.25 bits per heavy atom. The Morgan fingerprint density at radius 3 is 2.65 bits per heavy atom. The highest BCUT2D eigenvalue weighted by atomic mass is 15.1. The minimum Gasteiger partial charge on any atom is -0.289 e. The number of unbranched alkanes of at least 4 members (excludes halogenated alkanes) is 2. The van der Waals surface area contributed by atoms with Crippen molar-refractivity contribution in [2.45, 2.75) is 45.1 Å². The van der Waals surface area contributed by atoms with Gasteiger partial charge in [0.1, 0.15) is 0 Å². The molecule has 1 heteroatoms. The van der Waals surface area contributed by atoms with Gasteiger partial charge in [-0.3, -0.25) is 4.90 Å². The minimum absolute atomic E-state index is 0.352. The van der Waals surface area contributed by atoms with Crippen LogP contribution < -0.4 is 0 Å². The molecule has 1 nitrogen and oxygen atoms in total. The average Bonchev–Trinajstić information content (AvgIpc) is 2.51. The van der Waals surface area contributed by atoms with E-state index in [4.69, 9.17) is 0 Å². The zero-order chi connectivity index (χ0) is 14.2. The van der Waals surface area contributed by atoms with E-state index in [0.29, 0.717) is 6.04 Å². The molecule has 1 aromatic rings. The van der Waals surface area contributed by atoms with Gasteiger partial charge in [0.2, 0.25) is 0 Å². The Labute approximate surface area is 124 Å². The zero-order valence-corrected chi connectivity index (χ0v) is 12.7. The standard InChI is InChI=1S/C19H27N/c1-3-5-7-10-17-13-15-20(16-14-17)19(4-2)18-11-8-6-9-12-18/h4,6,8-9,11-13,19H,2-3,5,7,10,14-16H2,1H3. The van der Waals surface area contributed by atoms with E-state index in [9.17, 15) is 0 Å². The molecule has 1 unspecified atom stereocenters. The molecule has 0 fully saturated rings. The van der Waals surface area contributed by atoms with Crippen LogP contribution in [0.2, 0.25) is 0 Å². The summed E-state index contributed by atoms with van der Waals surface area (Å²) >= 11 is 0. The molecule has 0 amide bonds. The van der Waals surface area contributed by atoms with Crippen LogP contribution in [0.3, 0.4) is 0 Å². The van der Waals surface area contributed by atoms with Gasteiger partial charge in [-0.15, -0.1) is 6.58 Å². The number of benzene rings is 1. The topological polar surface area (TPSA) is 3.24 Å². The first-order valence-corrected chi connectivity index (χ1v) is 7.94. The van der Waals surface area contributed by atoms with Gasteiger partial charge < -0.3 is 0 Å². The van der Waals surface area contributed by atoms with Crippen molar-refractivity contribution in [3.05, 3.63) is 60.2 Å². The van der Waals surface area contributed by atoms with Crippen LogP contribution >= 0.6 is 0 Å². The fourth-order valence-electron chi connectivity index (χ4n) is 2.95. The van der Waals surface area contributed by atoms with Crippen LogP contribution in [-0.2, 0) is 0 Å². The predicted octanol–water partition coefficient (Wildman–Crippen LogP) is 5.13. The maximum absolute atomic E-state index is 4.03. The molecule has 108 valence electrons. The Hall–Kier alpha value is -1.34. The van der Waals surface area contributed by atoms with Crippen LogP contribution in [0, 0.1) is 0 Å². The molecule has 0 saturated heterocycles. The van der Waals surface area contributed by atoms with Gasteiger partial charge in [0.15, 0.2) is 0 Å². The molecule has 1 atom stereocenters. The van der Waals surface area contributed by atoms with Gasteiger partial charge in [-0.2, -0.15) is 0 Å². The second-order valence-electron chi connectivity index (χ2n) is 5.66. The molecule has 1 aliphatic rings. The molecule has 1 heterocycles. The van der Waals surface area contributed by atoms with E-state index in [-0.39, 0.29) is 0 Å². The molecule has 20 heavy (non-hydrogen) atoms. The van der Waals surface area contributed by atoms with Crippen molar-refractivity contribution in [2.75, 3.05) is 13.1 Å². The van der Waals surface area contributed by atoms with Crippen LogP contribution in [0.15, 0.2) is 54.6 Å². The van der Waals surface area contributed by atoms with Crippen LogP contribution in [-0.4, -0.2) is 18.0 Å². The number of nitrogens with zero attached hydrogens (tertiary/aromatic N) is 1. The highest BCUT2D eigenvalue weighted by Gasteiger charge is 2.19. The molecule has 0 radical (unpaired) electrons. The van der Waals surface area contributed by atoms with Gasteiger partial charge in [0, 0.05) is 13.1 Å². The molecule has 0 N–H and O–H groups in total. The Bertz CT molecular complexity index is 432. The fraction of sp³-hybridized carbons (Fsp3) is 0.474. The third kappa shape index (κ3) is 4.08. The van der Waals surface area contributed by atoms with Gasteiger partial charge in [0.25, 0.3) is 0 Å². The normalized spacial score (nSPS) is 17.6. The van der Waals surface area contributed by atoms with E-state index >= 15 is 0 Å². The number of hydrogen-bond acceptors (Lipinski definition) is 1. The number of hydrogen-bond donors (Lipinski definition) is 0. The van der Waals surface area contributed by atoms with Gasteiger partial charge in [0.05, 0.1) is 6.04 Å². The molecule has 0 bridgehead atoms. The predicted molar refractivity (Wildman–Crippen MR) is 87.8 cm³/mol. The van der Waals surface area contributed by atoms with Crippen LogP contribution in [0.1, 0.15) is 50.6 Å². The fourth-order valence-corrected chi connectivity index (χ4v) is 2.95. The number of rotatable bonds is 7. The first-order valence-electron chi connectivity index (χ1n) is 7.94. The minimum atomic E-state index is 0.352. The van der Waals surface area contributed by atoms with Crippen LogP contribution in [0.25, 0.3) is 0 Å². The van der Waals surface area contributed by atoms with Crippen LogP contribution in [0.4, 0.5) is 0 Å². The van der Waals surface area contributed by atoms with Crippen molar-refractivity contribution in [3.8, 4) is 0 Å². The summed E-state index contributed by atoms with van der Waals surface area (Å²) in [5.41, 5.74) is 3.01. The highest BCUT2D eigenvalue weighted by molar-refractivity contribution is 5.23. The van der Waals surface area contributed by atoms with Crippen molar-refractivity contribution >= 4 is 0 Å². The summed E-state index contributed by atoms with van der Waals surface area (Å²) in [6.45, 7) is 8.52. The quantitative estimate of drug-likeness (QED) is 0.490. The lowest BCUT2D eigenvalue weighted by molar-refractivity contribution is 0.247. The van der Waals surface area contributed by atoms with Crippen LogP contribution in [0.5, 0.6) is 0 Å². The molecule has 1 aliphatic heterocycles. The molecular formula is C19H27N. The van der Waals surface area contributed by atoms with Crippen molar-refractivity contribution < 1.29 is 0 Å². The first-order chi connectivity index (χ1) is 9.85. The highest BCUT2D eigenvalue weighted by Crippen LogP contribution is 2.26. The summed E-state index contributed by atoms with van der Waals surface area (Å²) in [7, 11) is 0. The maximum atomic E-state index is 4.03. The molecule has 2 rings (SSSR count). The second-order valence-corrected chi connectivity index (χ2v) is 5.66. The molecule has 1 aromatic carbocycles. The van der Waals surface area contributed by atoms with E-state index in [1.54, 1.807) is 5.57 Å². The largest absolute Gasteiger partial charge is 0.289 e. The third-order valence-corrected chi connectivity index (χ3v) is 4.19. The monoisotopic (exact) mass is 269 g/mol. The van der Waals surface area contributed by atoms with Gasteiger partial charge in [-0.1, -0.05) is 67.8 Å². The molecular weight excluding hydrogens is 242 g/mol. The second kappa shape index (κ2) is 8.06. The Balaban J connectivity index is 1.93. The van der Waals surface area contributed by atoms with Gasteiger partial charge in [-0.05, 0) is 24.8 Å². The smallest absolute Gasteiger partial charge is 0.0532 e. The lowest BCUT2D eigenvalue weighted by Crippen LogP contribution is -2.32. The first kappa shape index (κ1) is 15.1. The van der Waals surface area contributed by atoms with E-state index in [2.05, 4.69) is 60.9 Å². The summed E-state index contributed by atoms with van der Waals surface area (Å²) in [5.74, 6) is 0. The summed E-state index contributed by atoms with van der Waals surface area (Å²) in [6.07, 6.45) is 11.1. The lowest BCUT2D eigenvalue weighted by atomic mass is 9.98. The molecule has 0 saturated carbocycles. The molecule has 0 aliphatic carbocycles. The summed E-state index contributed by atoms with van der Waals surface area (Å²) in [5, 5.41) is 0. The van der Waals surface area contributed by atoms with Gasteiger partial charge in [-0.25, -0.2) is 0 Å². The van der Waals surface area contributed by atoms with E-state index < -0.39 is 0 Å². The van der Waals surface area contributed by atoms with E-state index in [1.807, 2.05) is 0 Å². The summed E-state index contributed by atoms with van der Waals surface area (Å²) in [6, 6.07) is 11.1. The third-order valence-electron chi connectivity index (χ3n) is 4.19. The molecule has 0 spiro atoms. The summed E-state index contributed by atoms with van der Waals surface area (Å²) in [4.78, 5) is 2.52. The van der Waals surface area contributed by atoms with Crippen molar-refractivity contribution in [1.29, 1.82) is 0 Å². The molecule has 0 aromatic heterocycles. The zero-order valence-electron chi connectivity index (χ0n) is 12.7. The SMILES string of the molecule is C=CC(c1ccccc1)N1CC=C(CCCCC)CC1.